The maximum Gasteiger partial charge on any atom is 0.323 e. The summed E-state index contributed by atoms with van der Waals surface area (Å²) in [4.78, 5) is 32.1. The Morgan fingerprint density at radius 2 is 1.70 bits per heavy atom. The zero-order valence-corrected chi connectivity index (χ0v) is 16.9. The molecular weight excluding hydrogens is 434 g/mol. The van der Waals surface area contributed by atoms with Crippen molar-refractivity contribution in [3.63, 3.8) is 0 Å². The lowest BCUT2D eigenvalue weighted by atomic mass is 10.1. The molecule has 4 aromatic rings. The molecule has 33 heavy (non-hydrogen) atoms. The number of amides is 2. The third kappa shape index (κ3) is 4.66. The second-order valence-electron chi connectivity index (χ2n) is 6.98. The molecule has 0 aliphatic heterocycles. The molecule has 0 aliphatic carbocycles. The lowest BCUT2D eigenvalue weighted by Crippen LogP contribution is -2.31. The van der Waals surface area contributed by atoms with E-state index in [1.54, 1.807) is 24.3 Å². The quantitative estimate of drug-likeness (QED) is 0.325. The Morgan fingerprint density at radius 3 is 2.39 bits per heavy atom. The smallest absolute Gasteiger partial charge is 0.323 e. The van der Waals surface area contributed by atoms with Crippen molar-refractivity contribution < 1.29 is 18.5 Å². The number of nitro benzene ring substituents is 1. The minimum absolute atomic E-state index is 0.178. The van der Waals surface area contributed by atoms with Crippen LogP contribution in [0.5, 0.6) is 0 Å². The molecular formula is C22H16F2N6O3. The van der Waals surface area contributed by atoms with Gasteiger partial charge in [0.1, 0.15) is 5.82 Å². The summed E-state index contributed by atoms with van der Waals surface area (Å²) in [5, 5.41) is 14.1. The second kappa shape index (κ2) is 8.83. The number of urea groups is 1. The number of non-ortho nitro benzene ring substituents is 1. The van der Waals surface area contributed by atoms with Gasteiger partial charge in [0.2, 0.25) is 0 Å². The molecule has 2 amide bonds. The van der Waals surface area contributed by atoms with Gasteiger partial charge in [-0.2, -0.15) is 0 Å². The number of primary amides is 1. The fourth-order valence-electron chi connectivity index (χ4n) is 3.24. The SMILES string of the molecule is NC(=O)N(c1cccc(CNc2cnc3cc(F)c(F)cc3n2)c1)c1cccc([N+](=O)[O-])c1. The Labute approximate surface area is 185 Å². The Hall–Kier alpha value is -4.67. The number of carbonyl (C=O) groups is 1. The van der Waals surface area contributed by atoms with Gasteiger partial charge < -0.3 is 11.1 Å². The van der Waals surface area contributed by atoms with E-state index in [0.717, 1.165) is 22.6 Å². The number of nitrogens with two attached hydrogens (primary N) is 1. The average molecular weight is 450 g/mol. The van der Waals surface area contributed by atoms with Gasteiger partial charge in [0.15, 0.2) is 11.6 Å². The third-order valence-electron chi connectivity index (χ3n) is 4.75. The zero-order chi connectivity index (χ0) is 23.5. The number of carbonyl (C=O) groups excluding carboxylic acids is 1. The summed E-state index contributed by atoms with van der Waals surface area (Å²) in [7, 11) is 0. The number of halogens is 2. The number of nitro groups is 1. The first-order valence-electron chi connectivity index (χ1n) is 9.60. The number of hydrogen-bond acceptors (Lipinski definition) is 6. The number of nitrogens with one attached hydrogen (secondary N) is 1. The van der Waals surface area contributed by atoms with Crippen LogP contribution < -0.4 is 16.0 Å². The number of benzene rings is 3. The molecule has 0 bridgehead atoms. The van der Waals surface area contributed by atoms with Crippen molar-refractivity contribution in [2.24, 2.45) is 5.73 Å². The molecule has 4 rings (SSSR count). The fraction of sp³-hybridized carbons (Fsp3) is 0.0455. The van der Waals surface area contributed by atoms with Crippen molar-refractivity contribution in [1.29, 1.82) is 0 Å². The van der Waals surface area contributed by atoms with Crippen molar-refractivity contribution >= 4 is 39.9 Å². The molecule has 3 N–H and O–H groups in total. The Kier molecular flexibility index (Phi) is 5.77. The molecule has 0 saturated heterocycles. The number of hydrogen-bond donors (Lipinski definition) is 2. The van der Waals surface area contributed by atoms with Gasteiger partial charge in [-0.15, -0.1) is 0 Å². The van der Waals surface area contributed by atoms with Crippen LogP contribution in [0.3, 0.4) is 0 Å². The lowest BCUT2D eigenvalue weighted by molar-refractivity contribution is -0.384. The van der Waals surface area contributed by atoms with Crippen molar-refractivity contribution in [2.75, 3.05) is 10.2 Å². The first-order valence-corrected chi connectivity index (χ1v) is 9.60. The minimum Gasteiger partial charge on any atom is -0.365 e. The van der Waals surface area contributed by atoms with E-state index in [4.69, 9.17) is 5.73 Å². The van der Waals surface area contributed by atoms with E-state index in [0.29, 0.717) is 11.5 Å². The first-order chi connectivity index (χ1) is 15.8. The lowest BCUT2D eigenvalue weighted by Gasteiger charge is -2.21. The van der Waals surface area contributed by atoms with Gasteiger partial charge in [0.05, 0.1) is 33.5 Å². The largest absolute Gasteiger partial charge is 0.365 e. The molecule has 9 nitrogen and oxygen atoms in total. The highest BCUT2D eigenvalue weighted by Crippen LogP contribution is 2.29. The summed E-state index contributed by atoms with van der Waals surface area (Å²) < 4.78 is 26.8. The van der Waals surface area contributed by atoms with Crippen molar-refractivity contribution in [1.82, 2.24) is 9.97 Å². The number of aromatic nitrogens is 2. The van der Waals surface area contributed by atoms with E-state index in [2.05, 4.69) is 15.3 Å². The molecule has 166 valence electrons. The van der Waals surface area contributed by atoms with E-state index >= 15 is 0 Å². The number of nitrogens with zero attached hydrogens (tertiary/aromatic N) is 4. The van der Waals surface area contributed by atoms with Crippen LogP contribution in [-0.2, 0) is 6.54 Å². The topological polar surface area (TPSA) is 127 Å². The normalized spacial score (nSPS) is 10.7. The molecule has 0 unspecified atom stereocenters. The van der Waals surface area contributed by atoms with Crippen LogP contribution in [0.1, 0.15) is 5.56 Å². The summed E-state index contributed by atoms with van der Waals surface area (Å²) in [5.41, 5.74) is 7.16. The summed E-state index contributed by atoms with van der Waals surface area (Å²) in [6.45, 7) is 0.263. The van der Waals surface area contributed by atoms with Gasteiger partial charge >= 0.3 is 6.03 Å². The highest BCUT2D eigenvalue weighted by atomic mass is 19.2. The molecule has 0 saturated carbocycles. The predicted octanol–water partition coefficient (Wildman–Crippen LogP) is 4.65. The van der Waals surface area contributed by atoms with Gasteiger partial charge in [0, 0.05) is 30.8 Å². The summed E-state index contributed by atoms with van der Waals surface area (Å²) in [6, 6.07) is 13.5. The highest BCUT2D eigenvalue weighted by Gasteiger charge is 2.18. The Balaban J connectivity index is 1.57. The standard InChI is InChI=1S/C22H16F2N6O3/c23-17-9-19-20(10-18(17)24)28-21(12-26-19)27-11-13-3-1-4-14(7-13)29(22(25)31)15-5-2-6-16(8-15)30(32)33/h1-10,12H,11H2,(H2,25,31)(H,27,28). The zero-order valence-electron chi connectivity index (χ0n) is 16.9. The molecule has 0 aliphatic rings. The Morgan fingerprint density at radius 1 is 1.03 bits per heavy atom. The number of rotatable bonds is 6. The Bertz CT molecular complexity index is 1380. The van der Waals surface area contributed by atoms with Crippen LogP contribution in [0, 0.1) is 21.7 Å². The van der Waals surface area contributed by atoms with E-state index in [9.17, 15) is 23.7 Å². The van der Waals surface area contributed by atoms with Crippen molar-refractivity contribution in [3.05, 3.63) is 94.2 Å². The number of anilines is 3. The monoisotopic (exact) mass is 450 g/mol. The maximum absolute atomic E-state index is 13.5. The van der Waals surface area contributed by atoms with Gasteiger partial charge in [-0.25, -0.2) is 18.6 Å². The molecule has 0 fully saturated rings. The van der Waals surface area contributed by atoms with Crippen LogP contribution in [0.4, 0.5) is 36.5 Å². The predicted molar refractivity (Wildman–Crippen MR) is 118 cm³/mol. The molecule has 1 heterocycles. The van der Waals surface area contributed by atoms with Gasteiger partial charge in [0.25, 0.3) is 5.69 Å². The molecule has 0 radical (unpaired) electrons. The van der Waals surface area contributed by atoms with Crippen LogP contribution in [0.15, 0.2) is 66.9 Å². The third-order valence-corrected chi connectivity index (χ3v) is 4.75. The van der Waals surface area contributed by atoms with Gasteiger partial charge in [-0.3, -0.25) is 20.0 Å². The number of fused-ring (bicyclic) bond motifs is 1. The summed E-state index contributed by atoms with van der Waals surface area (Å²) >= 11 is 0. The van der Waals surface area contributed by atoms with Crippen LogP contribution in [-0.4, -0.2) is 20.9 Å². The highest BCUT2D eigenvalue weighted by molar-refractivity contribution is 5.98. The van der Waals surface area contributed by atoms with Crippen molar-refractivity contribution in [3.8, 4) is 0 Å². The van der Waals surface area contributed by atoms with E-state index in [1.807, 2.05) is 0 Å². The summed E-state index contributed by atoms with van der Waals surface area (Å²) in [6.07, 6.45) is 1.39. The van der Waals surface area contributed by atoms with E-state index in [-0.39, 0.29) is 29.0 Å². The van der Waals surface area contributed by atoms with E-state index < -0.39 is 22.6 Å². The second-order valence-corrected chi connectivity index (χ2v) is 6.98. The molecule has 1 aromatic heterocycles. The van der Waals surface area contributed by atoms with Crippen LogP contribution in [0.25, 0.3) is 11.0 Å². The summed E-state index contributed by atoms with van der Waals surface area (Å²) in [5.74, 6) is -1.68. The van der Waals surface area contributed by atoms with Crippen LogP contribution >= 0.6 is 0 Å². The maximum atomic E-state index is 13.5. The van der Waals surface area contributed by atoms with E-state index in [1.165, 1.54) is 30.5 Å². The molecule has 0 atom stereocenters. The average Bonchev–Trinajstić information content (AvgIpc) is 2.79. The fourth-order valence-corrected chi connectivity index (χ4v) is 3.24. The van der Waals surface area contributed by atoms with Gasteiger partial charge in [-0.1, -0.05) is 18.2 Å². The molecule has 0 spiro atoms. The molecule has 11 heteroatoms. The molecule has 3 aromatic carbocycles. The van der Waals surface area contributed by atoms with Crippen LogP contribution in [0.2, 0.25) is 0 Å². The van der Waals surface area contributed by atoms with Gasteiger partial charge in [-0.05, 0) is 23.8 Å². The minimum atomic E-state index is -1.02. The first kappa shape index (κ1) is 21.6. The van der Waals surface area contributed by atoms with Crippen molar-refractivity contribution in [2.45, 2.75) is 6.54 Å².